The Bertz CT molecular complexity index is 2980. The number of hydrogen-bond acceptors (Lipinski definition) is 13. The van der Waals surface area contributed by atoms with Crippen LogP contribution in [0.25, 0.3) is 22.3 Å². The summed E-state index contributed by atoms with van der Waals surface area (Å²) in [6, 6.07) is 36.9. The summed E-state index contributed by atoms with van der Waals surface area (Å²) in [5, 5.41) is 57.6. The number of nitriles is 3. The molecule has 3 heterocycles. The number of nitrogens with zero attached hydrogens (tertiary/aromatic N) is 6. The number of aryl methyl sites for hydroxylation is 3. The van der Waals surface area contributed by atoms with Crippen molar-refractivity contribution in [2.45, 2.75) is 148 Å². The summed E-state index contributed by atoms with van der Waals surface area (Å²) in [4.78, 5) is 12.1. The summed E-state index contributed by atoms with van der Waals surface area (Å²) in [5.74, 6) is 0. The van der Waals surface area contributed by atoms with Crippen molar-refractivity contribution in [3.63, 3.8) is 0 Å². The van der Waals surface area contributed by atoms with Crippen molar-refractivity contribution in [1.29, 1.82) is 15.8 Å². The predicted octanol–water partition coefficient (Wildman–Crippen LogP) is 13.6. The Kier molecular flexibility index (Phi) is 48.0. The minimum absolute atomic E-state index is 0. The van der Waals surface area contributed by atoms with E-state index >= 15 is 0 Å². The van der Waals surface area contributed by atoms with Crippen LogP contribution in [0.2, 0.25) is 5.02 Å². The van der Waals surface area contributed by atoms with Gasteiger partial charge < -0.3 is 40.7 Å². The third-order valence-corrected chi connectivity index (χ3v) is 15.9. The second-order valence-electron chi connectivity index (χ2n) is 20.5. The summed E-state index contributed by atoms with van der Waals surface area (Å²) in [6.45, 7) is 17.7. The number of rotatable bonds is 19. The van der Waals surface area contributed by atoms with Crippen LogP contribution in [0.1, 0.15) is 151 Å². The molecule has 0 saturated heterocycles. The minimum Gasteiger partial charge on any atom is -0.429 e. The van der Waals surface area contributed by atoms with Crippen molar-refractivity contribution in [3.05, 3.63) is 186 Å². The van der Waals surface area contributed by atoms with Crippen molar-refractivity contribution < 1.29 is 48.9 Å². The fourth-order valence-electron chi connectivity index (χ4n) is 7.17. The van der Waals surface area contributed by atoms with Crippen molar-refractivity contribution >= 4 is 88.3 Å². The molecule has 2 unspecified atom stereocenters. The standard InChI is InChI=1S/C21H27N3OS.C17H19N3.C15H21BrN2OS.C6H6ClN.2CH3.B2H4O4.2ClH.Pd/c1-16-15-23-13-11-19(16)17-8-7-9-18(14-17)20(10-5-6-12-22)24-26(25)21(2,3)4;1-13-12-20-10-8-16(13)14-5-4-6-15(11-14)17(19)7-2-3-9-18;1-15(2,3)20(19)18-14(9-4-5-10-17)12-7-6-8-13(16)11-12;1-5-4-8-3-2-6(5)7;;;3-1(4)2(5)6;;;/h7-9,11,13-15,20,24H,5-6,10H2,1-4H3;4-6,8,10-12,17H,2-3,7,19H2,1H3;6-8,11,14,18H,4-5,9H2,1-3H3;2-4H,1H3;2*1H3;3-6H;2*1H;/q;;;;2*-1;;;;+2/t20-,26?;17-;14-,20?;;;;;;;/m000......./s1. The van der Waals surface area contributed by atoms with Crippen LogP contribution in [-0.4, -0.2) is 67.0 Å². The first-order chi connectivity index (χ1) is 37.8. The van der Waals surface area contributed by atoms with Crippen LogP contribution in [0, 0.1) is 69.6 Å². The average Bonchev–Trinajstić information content (AvgIpc) is 3.44. The van der Waals surface area contributed by atoms with E-state index in [1.807, 2.05) is 123 Å². The van der Waals surface area contributed by atoms with E-state index in [1.54, 1.807) is 24.7 Å². The number of aromatic nitrogens is 3. The van der Waals surface area contributed by atoms with Crippen molar-refractivity contribution in [2.75, 3.05) is 0 Å². The first kappa shape index (κ1) is 87.2. The van der Waals surface area contributed by atoms with E-state index in [9.17, 15) is 8.42 Å². The predicted molar refractivity (Wildman–Crippen MR) is 358 cm³/mol. The normalized spacial score (nSPS) is 11.9. The second kappa shape index (κ2) is 46.8. The second-order valence-corrected chi connectivity index (χ2v) is 25.8. The Morgan fingerprint density at radius 2 is 0.941 bits per heavy atom. The number of halogens is 4. The monoisotopic (exact) mass is 1420 g/mol. The number of nitrogens with one attached hydrogen (secondary N) is 2. The molecule has 3 aromatic heterocycles. The van der Waals surface area contributed by atoms with Gasteiger partial charge in [0.2, 0.25) is 0 Å². The van der Waals surface area contributed by atoms with Gasteiger partial charge in [-0.1, -0.05) is 76.1 Å². The molecule has 24 heteroatoms. The van der Waals surface area contributed by atoms with Crippen LogP contribution < -0.4 is 15.2 Å². The fraction of sp³-hybridized carbons (Fsp3) is 0.377. The molecular weight excluding hydrogens is 1330 g/mol. The van der Waals surface area contributed by atoms with E-state index in [1.165, 1.54) is 5.56 Å². The quantitative estimate of drug-likeness (QED) is 0.0226. The van der Waals surface area contributed by atoms with Crippen molar-refractivity contribution in [1.82, 2.24) is 24.4 Å². The van der Waals surface area contributed by atoms with Crippen LogP contribution in [0.15, 0.2) is 133 Å². The van der Waals surface area contributed by atoms with Gasteiger partial charge in [0, 0.05) is 84.1 Å². The molecule has 466 valence electrons. The molecule has 0 amide bonds. The third kappa shape index (κ3) is 34.8. The van der Waals surface area contributed by atoms with Crippen LogP contribution in [-0.2, 0) is 42.4 Å². The number of unbranched alkanes of at least 4 members (excludes halogenated alkanes) is 3. The molecule has 3 aromatic carbocycles. The SMILES string of the molecule is CC(C)(C)S(=O)N[C@@H](CCCC#N)c1cccc(Br)c1.Cc1cnccc1-c1cccc([C@@H](N)CCCC#N)c1.Cc1cnccc1-c1cccc([C@H](CCCC#N)NS(=O)C(C)(C)C)c1.Cc1cnccc1Cl.Cl.Cl.OB(O)B(O)O.[CH3-].[CH3-].[Pd+2]. The molecule has 85 heavy (non-hydrogen) atoms. The summed E-state index contributed by atoms with van der Waals surface area (Å²) >= 11 is 9.13. The third-order valence-electron chi connectivity index (χ3n) is 11.7. The maximum absolute atomic E-state index is 12.6. The molecule has 15 nitrogen and oxygen atoms in total. The Balaban J connectivity index is -0.000000509. The molecule has 0 fully saturated rings. The Morgan fingerprint density at radius 3 is 1.28 bits per heavy atom. The van der Waals surface area contributed by atoms with Crippen molar-refractivity contribution in [3.8, 4) is 40.5 Å². The Hall–Kier alpha value is -4.26. The van der Waals surface area contributed by atoms with Crippen LogP contribution in [0.5, 0.6) is 0 Å². The van der Waals surface area contributed by atoms with E-state index in [-0.39, 0.29) is 87.7 Å². The molecule has 0 spiro atoms. The zero-order chi connectivity index (χ0) is 59.8. The molecule has 0 aliphatic carbocycles. The Morgan fingerprint density at radius 1 is 0.588 bits per heavy atom. The van der Waals surface area contributed by atoms with Gasteiger partial charge in [0.05, 0.1) is 49.7 Å². The van der Waals surface area contributed by atoms with E-state index in [2.05, 4.69) is 102 Å². The van der Waals surface area contributed by atoms with E-state index in [0.717, 1.165) is 98.1 Å². The van der Waals surface area contributed by atoms with Crippen LogP contribution in [0.3, 0.4) is 0 Å². The van der Waals surface area contributed by atoms with Gasteiger partial charge in [0.1, 0.15) is 0 Å². The summed E-state index contributed by atoms with van der Waals surface area (Å²) < 4.78 is 31.7. The number of nitrogens with two attached hydrogens (primary N) is 1. The van der Waals surface area contributed by atoms with Gasteiger partial charge in [-0.3, -0.25) is 15.0 Å². The molecule has 5 atom stereocenters. The minimum atomic E-state index is -2.04. The first-order valence-electron chi connectivity index (χ1n) is 26.1. The van der Waals surface area contributed by atoms with E-state index < -0.39 is 36.0 Å². The summed E-state index contributed by atoms with van der Waals surface area (Å²) in [6.07, 6.45) is 17.2. The van der Waals surface area contributed by atoms with E-state index in [0.29, 0.717) is 19.3 Å². The van der Waals surface area contributed by atoms with Gasteiger partial charge in [-0.25, -0.2) is 17.9 Å². The van der Waals surface area contributed by atoms with Gasteiger partial charge >= 0.3 is 34.4 Å². The van der Waals surface area contributed by atoms with Crippen molar-refractivity contribution in [2.24, 2.45) is 5.73 Å². The summed E-state index contributed by atoms with van der Waals surface area (Å²) in [5.41, 5.74) is 17.4. The molecular formula is C61H85B2BrCl3N9O6PdS2. The Labute approximate surface area is 552 Å². The van der Waals surface area contributed by atoms with Gasteiger partial charge in [0.15, 0.2) is 0 Å². The smallest absolute Gasteiger partial charge is 0.429 e. The number of pyridine rings is 3. The molecule has 8 N–H and O–H groups in total. The molecule has 0 saturated carbocycles. The largest absolute Gasteiger partial charge is 2.00 e. The van der Waals surface area contributed by atoms with Gasteiger partial charge in [-0.15, -0.1) is 24.8 Å². The van der Waals surface area contributed by atoms with Gasteiger partial charge in [-0.05, 0) is 199 Å². The summed E-state index contributed by atoms with van der Waals surface area (Å²) in [7, 11) is -6.37. The molecule has 0 radical (unpaired) electrons. The van der Waals surface area contributed by atoms with E-state index in [4.69, 9.17) is 53.2 Å². The molecule has 6 aromatic rings. The fourth-order valence-corrected chi connectivity index (χ4v) is 9.43. The first-order valence-corrected chi connectivity index (χ1v) is 29.6. The number of hydrogen-bond donors (Lipinski definition) is 7. The molecule has 0 aliphatic heterocycles. The molecule has 0 aliphatic rings. The number of benzene rings is 3. The van der Waals surface area contributed by atoms with Gasteiger partial charge in [0.25, 0.3) is 0 Å². The topological polar surface area (TPSA) is 275 Å². The molecule has 6 rings (SSSR count). The molecule has 0 bridgehead atoms. The maximum Gasteiger partial charge on any atom is 2.00 e. The maximum atomic E-state index is 12.6. The zero-order valence-corrected chi connectivity index (χ0v) is 57.6. The van der Waals surface area contributed by atoms with Crippen LogP contribution >= 0.6 is 52.3 Å². The average molecular weight is 1420 g/mol. The van der Waals surface area contributed by atoms with Crippen LogP contribution in [0.4, 0.5) is 0 Å². The van der Waals surface area contributed by atoms with Gasteiger partial charge in [-0.2, -0.15) is 15.8 Å². The zero-order valence-electron chi connectivity index (χ0n) is 50.4.